The lowest BCUT2D eigenvalue weighted by Crippen LogP contribution is -2.11. The molecular weight excluding hydrogens is 338 g/mol. The summed E-state index contributed by atoms with van der Waals surface area (Å²) in [4.78, 5) is 12.3. The Kier molecular flexibility index (Phi) is 7.93. The zero-order valence-electron chi connectivity index (χ0n) is 16.7. The van der Waals surface area contributed by atoms with Crippen LogP contribution in [0.2, 0.25) is 0 Å². The maximum atomic E-state index is 12.3. The van der Waals surface area contributed by atoms with Gasteiger partial charge in [0.25, 0.3) is 0 Å². The summed E-state index contributed by atoms with van der Waals surface area (Å²) < 4.78 is 11.1. The third-order valence-corrected chi connectivity index (χ3v) is 4.36. The molecule has 0 saturated heterocycles. The molecule has 0 fully saturated rings. The normalized spacial score (nSPS) is 10.8. The number of nitrogens with one attached hydrogen (secondary N) is 1. The summed E-state index contributed by atoms with van der Waals surface area (Å²) in [5, 5.41) is 2.99. The Morgan fingerprint density at radius 1 is 1.15 bits per heavy atom. The first kappa shape index (κ1) is 20.6. The number of benzene rings is 2. The van der Waals surface area contributed by atoms with E-state index in [9.17, 15) is 4.79 Å². The van der Waals surface area contributed by atoms with Gasteiger partial charge < -0.3 is 14.8 Å². The molecule has 2 aromatic rings. The molecule has 0 bridgehead atoms. The molecular formula is C23H29NO3. The predicted molar refractivity (Wildman–Crippen MR) is 112 cm³/mol. The lowest BCUT2D eigenvalue weighted by atomic mass is 10.1. The summed E-state index contributed by atoms with van der Waals surface area (Å²) in [6.45, 7) is 6.87. The summed E-state index contributed by atoms with van der Waals surface area (Å²) in [5.41, 5.74) is 3.97. The summed E-state index contributed by atoms with van der Waals surface area (Å²) in [6.07, 6.45) is 6.27. The number of para-hydroxylation sites is 1. The van der Waals surface area contributed by atoms with E-state index in [0.717, 1.165) is 47.4 Å². The number of carbonyl (C=O) groups is 1. The van der Waals surface area contributed by atoms with Crippen LogP contribution in [-0.4, -0.2) is 19.6 Å². The van der Waals surface area contributed by atoms with E-state index < -0.39 is 0 Å². The molecule has 1 N–H and O–H groups in total. The van der Waals surface area contributed by atoms with Crippen LogP contribution in [0.5, 0.6) is 11.5 Å². The number of hydrogen-bond donors (Lipinski definition) is 1. The molecule has 0 spiro atoms. The number of unbranched alkanes of at least 4 members (excludes halogenated alkanes) is 1. The van der Waals surface area contributed by atoms with Gasteiger partial charge in [0.05, 0.1) is 13.7 Å². The van der Waals surface area contributed by atoms with Crippen LogP contribution < -0.4 is 14.8 Å². The van der Waals surface area contributed by atoms with Gasteiger partial charge in [-0.1, -0.05) is 44.5 Å². The van der Waals surface area contributed by atoms with Crippen LogP contribution >= 0.6 is 0 Å². The third-order valence-electron chi connectivity index (χ3n) is 4.36. The Hall–Kier alpha value is -2.75. The van der Waals surface area contributed by atoms with E-state index in [4.69, 9.17) is 9.47 Å². The number of carbonyl (C=O) groups excluding carboxylic acids is 1. The van der Waals surface area contributed by atoms with Crippen molar-refractivity contribution in [3.05, 3.63) is 59.2 Å². The van der Waals surface area contributed by atoms with E-state index in [1.165, 1.54) is 6.08 Å². The SMILES string of the molecule is CCCCOc1ccc(/C=C/C(=O)Nc2c(C)cccc2CC)cc1OC. The van der Waals surface area contributed by atoms with Crippen molar-refractivity contribution in [3.8, 4) is 11.5 Å². The number of aryl methyl sites for hydroxylation is 2. The van der Waals surface area contributed by atoms with Crippen molar-refractivity contribution in [1.29, 1.82) is 0 Å². The van der Waals surface area contributed by atoms with Gasteiger partial charge in [-0.15, -0.1) is 0 Å². The first-order valence-electron chi connectivity index (χ1n) is 9.47. The van der Waals surface area contributed by atoms with Gasteiger partial charge in [-0.25, -0.2) is 0 Å². The predicted octanol–water partition coefficient (Wildman–Crippen LogP) is 5.40. The molecule has 0 radical (unpaired) electrons. The van der Waals surface area contributed by atoms with E-state index in [1.54, 1.807) is 13.2 Å². The van der Waals surface area contributed by atoms with Crippen LogP contribution in [0, 0.1) is 6.92 Å². The molecule has 0 aliphatic heterocycles. The fraction of sp³-hybridized carbons (Fsp3) is 0.348. The van der Waals surface area contributed by atoms with Gasteiger partial charge in [0.2, 0.25) is 5.91 Å². The van der Waals surface area contributed by atoms with Crippen molar-refractivity contribution in [1.82, 2.24) is 0 Å². The molecule has 0 atom stereocenters. The lowest BCUT2D eigenvalue weighted by molar-refractivity contribution is -0.111. The molecule has 144 valence electrons. The molecule has 4 heteroatoms. The first-order chi connectivity index (χ1) is 13.1. The largest absolute Gasteiger partial charge is 0.493 e. The van der Waals surface area contributed by atoms with Gasteiger partial charge in [0, 0.05) is 11.8 Å². The molecule has 27 heavy (non-hydrogen) atoms. The molecule has 2 rings (SSSR count). The van der Waals surface area contributed by atoms with Crippen molar-refractivity contribution < 1.29 is 14.3 Å². The fourth-order valence-corrected chi connectivity index (χ4v) is 2.77. The molecule has 0 aliphatic carbocycles. The molecule has 4 nitrogen and oxygen atoms in total. The van der Waals surface area contributed by atoms with Gasteiger partial charge in [-0.2, -0.15) is 0 Å². The minimum absolute atomic E-state index is 0.152. The summed E-state index contributed by atoms with van der Waals surface area (Å²) in [5.74, 6) is 1.24. The lowest BCUT2D eigenvalue weighted by Gasteiger charge is -2.12. The van der Waals surface area contributed by atoms with Crippen LogP contribution in [0.4, 0.5) is 5.69 Å². The zero-order valence-corrected chi connectivity index (χ0v) is 16.7. The Morgan fingerprint density at radius 3 is 2.67 bits per heavy atom. The van der Waals surface area contributed by atoms with E-state index in [2.05, 4.69) is 19.2 Å². The Labute approximate surface area is 162 Å². The van der Waals surface area contributed by atoms with E-state index >= 15 is 0 Å². The maximum Gasteiger partial charge on any atom is 0.248 e. The second-order valence-electron chi connectivity index (χ2n) is 6.40. The van der Waals surface area contributed by atoms with Crippen molar-refractivity contribution in [3.63, 3.8) is 0 Å². The van der Waals surface area contributed by atoms with Gasteiger partial charge >= 0.3 is 0 Å². The number of methoxy groups -OCH3 is 1. The van der Waals surface area contributed by atoms with Crippen LogP contribution in [0.15, 0.2) is 42.5 Å². The Balaban J connectivity index is 2.08. The highest BCUT2D eigenvalue weighted by Crippen LogP contribution is 2.29. The topological polar surface area (TPSA) is 47.6 Å². The van der Waals surface area contributed by atoms with E-state index in [0.29, 0.717) is 12.4 Å². The van der Waals surface area contributed by atoms with Crippen LogP contribution in [-0.2, 0) is 11.2 Å². The second kappa shape index (κ2) is 10.4. The minimum Gasteiger partial charge on any atom is -0.493 e. The highest BCUT2D eigenvalue weighted by molar-refractivity contribution is 6.02. The van der Waals surface area contributed by atoms with Crippen molar-refractivity contribution in [2.45, 2.75) is 40.0 Å². The number of ether oxygens (including phenoxy) is 2. The average Bonchev–Trinajstić information content (AvgIpc) is 2.68. The minimum atomic E-state index is -0.152. The molecule has 0 aromatic heterocycles. The number of rotatable bonds is 9. The Morgan fingerprint density at radius 2 is 1.96 bits per heavy atom. The van der Waals surface area contributed by atoms with Gasteiger partial charge in [-0.3, -0.25) is 4.79 Å². The summed E-state index contributed by atoms with van der Waals surface area (Å²) in [7, 11) is 1.62. The molecule has 2 aromatic carbocycles. The summed E-state index contributed by atoms with van der Waals surface area (Å²) >= 11 is 0. The van der Waals surface area contributed by atoms with Crippen molar-refractivity contribution in [2.24, 2.45) is 0 Å². The molecule has 1 amide bonds. The standard InChI is InChI=1S/C23H29NO3/c1-5-7-15-27-20-13-11-18(16-21(20)26-4)12-14-22(25)24-23-17(3)9-8-10-19(23)6-2/h8-14,16H,5-7,15H2,1-4H3,(H,24,25)/b14-12+. The summed E-state index contributed by atoms with van der Waals surface area (Å²) in [6, 6.07) is 11.7. The van der Waals surface area contributed by atoms with Gasteiger partial charge in [0.15, 0.2) is 11.5 Å². The molecule has 0 saturated carbocycles. The smallest absolute Gasteiger partial charge is 0.248 e. The highest BCUT2D eigenvalue weighted by atomic mass is 16.5. The van der Waals surface area contributed by atoms with Crippen LogP contribution in [0.3, 0.4) is 0 Å². The average molecular weight is 367 g/mol. The van der Waals surface area contributed by atoms with Crippen LogP contribution in [0.25, 0.3) is 6.08 Å². The molecule has 0 aliphatic rings. The number of hydrogen-bond acceptors (Lipinski definition) is 3. The zero-order chi connectivity index (χ0) is 19.6. The second-order valence-corrected chi connectivity index (χ2v) is 6.40. The molecule has 0 heterocycles. The third kappa shape index (κ3) is 5.88. The number of anilines is 1. The van der Waals surface area contributed by atoms with Gasteiger partial charge in [0.1, 0.15) is 0 Å². The van der Waals surface area contributed by atoms with E-state index in [-0.39, 0.29) is 5.91 Å². The fourth-order valence-electron chi connectivity index (χ4n) is 2.77. The maximum absolute atomic E-state index is 12.3. The molecule has 0 unspecified atom stereocenters. The first-order valence-corrected chi connectivity index (χ1v) is 9.47. The van der Waals surface area contributed by atoms with E-state index in [1.807, 2.05) is 43.3 Å². The quantitative estimate of drug-likeness (QED) is 0.477. The van der Waals surface area contributed by atoms with Crippen molar-refractivity contribution >= 4 is 17.7 Å². The monoisotopic (exact) mass is 367 g/mol. The van der Waals surface area contributed by atoms with Crippen LogP contribution in [0.1, 0.15) is 43.4 Å². The highest BCUT2D eigenvalue weighted by Gasteiger charge is 2.07. The number of amides is 1. The van der Waals surface area contributed by atoms with Crippen molar-refractivity contribution in [2.75, 3.05) is 19.0 Å². The van der Waals surface area contributed by atoms with Gasteiger partial charge in [-0.05, 0) is 54.7 Å². The Bertz CT molecular complexity index is 796.